The first-order valence-corrected chi connectivity index (χ1v) is 5.28. The first-order valence-electron chi connectivity index (χ1n) is 5.28. The molecule has 0 unspecified atom stereocenters. The van der Waals surface area contributed by atoms with Crippen LogP contribution in [0, 0.1) is 6.92 Å². The van der Waals surface area contributed by atoms with E-state index in [4.69, 9.17) is 0 Å². The lowest BCUT2D eigenvalue weighted by molar-refractivity contribution is -0.136. The molecule has 1 aromatic rings. The number of hydrogen-bond acceptors (Lipinski definition) is 3. The van der Waals surface area contributed by atoms with Crippen molar-refractivity contribution in [3.8, 4) is 0 Å². The molecule has 0 aliphatic rings. The van der Waals surface area contributed by atoms with Gasteiger partial charge in [-0.3, -0.25) is 0 Å². The molecule has 0 saturated heterocycles. The van der Waals surface area contributed by atoms with Crippen molar-refractivity contribution in [1.82, 2.24) is 0 Å². The smallest absolute Gasteiger partial charge is 0.337 e. The van der Waals surface area contributed by atoms with Gasteiger partial charge in [0, 0.05) is 12.0 Å². The van der Waals surface area contributed by atoms with E-state index in [1.54, 1.807) is 18.2 Å². The molecule has 0 heterocycles. The van der Waals surface area contributed by atoms with Crippen LogP contribution in [0.1, 0.15) is 17.5 Å². The molecule has 1 N–H and O–H groups in total. The summed E-state index contributed by atoms with van der Waals surface area (Å²) in [6.45, 7) is 5.51. The Bertz CT molecular complexity index is 441. The quantitative estimate of drug-likeness (QED) is 0.375. The molecule has 1 rings (SSSR count). The zero-order valence-corrected chi connectivity index (χ0v) is 10.1. The van der Waals surface area contributed by atoms with Gasteiger partial charge < -0.3 is 9.84 Å². The normalized spacial score (nSPS) is 11.6. The van der Waals surface area contributed by atoms with Gasteiger partial charge in [-0.05, 0) is 6.92 Å². The van der Waals surface area contributed by atoms with Gasteiger partial charge in [-0.15, -0.1) is 6.58 Å². The van der Waals surface area contributed by atoms with Crippen molar-refractivity contribution < 1.29 is 14.6 Å². The first-order chi connectivity index (χ1) is 8.10. The van der Waals surface area contributed by atoms with Crippen LogP contribution in [-0.2, 0) is 9.53 Å². The van der Waals surface area contributed by atoms with Gasteiger partial charge in [-0.1, -0.05) is 35.9 Å². The summed E-state index contributed by atoms with van der Waals surface area (Å²) >= 11 is 0. The highest BCUT2D eigenvalue weighted by Gasteiger charge is 2.15. The van der Waals surface area contributed by atoms with E-state index in [0.717, 1.165) is 5.56 Å². The standard InChI is InChI=1S/C14H16O3/c1-4-5-12(14(16)17-3)13(15)11-8-6-10(2)7-9-11/h4,6-9,15H,1,5H2,2-3H3/b13-12-. The van der Waals surface area contributed by atoms with Crippen LogP contribution < -0.4 is 0 Å². The van der Waals surface area contributed by atoms with Gasteiger partial charge in [0.15, 0.2) is 0 Å². The summed E-state index contributed by atoms with van der Waals surface area (Å²) in [6.07, 6.45) is 1.82. The third kappa shape index (κ3) is 3.21. The summed E-state index contributed by atoms with van der Waals surface area (Å²) in [5, 5.41) is 10.0. The molecule has 1 aromatic carbocycles. The van der Waals surface area contributed by atoms with Gasteiger partial charge >= 0.3 is 5.97 Å². The Morgan fingerprint density at radius 1 is 1.41 bits per heavy atom. The Hall–Kier alpha value is -2.03. The number of ether oxygens (including phenoxy) is 1. The average Bonchev–Trinajstić information content (AvgIpc) is 2.35. The molecule has 0 fully saturated rings. The Balaban J connectivity index is 3.18. The maximum atomic E-state index is 11.5. The molecule has 17 heavy (non-hydrogen) atoms. The minimum Gasteiger partial charge on any atom is -0.507 e. The summed E-state index contributed by atoms with van der Waals surface area (Å²) in [6, 6.07) is 7.26. The number of carbonyl (C=O) groups excluding carboxylic acids is 1. The summed E-state index contributed by atoms with van der Waals surface area (Å²) in [4.78, 5) is 11.5. The Labute approximate surface area is 101 Å². The molecule has 3 nitrogen and oxygen atoms in total. The van der Waals surface area contributed by atoms with Crippen molar-refractivity contribution in [2.45, 2.75) is 13.3 Å². The van der Waals surface area contributed by atoms with Crippen LogP contribution in [0.3, 0.4) is 0 Å². The number of aryl methyl sites for hydroxylation is 1. The number of methoxy groups -OCH3 is 1. The third-order valence-electron chi connectivity index (χ3n) is 2.39. The monoisotopic (exact) mass is 232 g/mol. The number of allylic oxidation sites excluding steroid dienone is 1. The molecule has 90 valence electrons. The van der Waals surface area contributed by atoms with E-state index in [2.05, 4.69) is 11.3 Å². The minimum atomic E-state index is -0.539. The highest BCUT2D eigenvalue weighted by atomic mass is 16.5. The number of benzene rings is 1. The van der Waals surface area contributed by atoms with Crippen molar-refractivity contribution in [1.29, 1.82) is 0 Å². The molecule has 3 heteroatoms. The fraction of sp³-hybridized carbons (Fsp3) is 0.214. The van der Waals surface area contributed by atoms with Crippen molar-refractivity contribution >= 4 is 11.7 Å². The molecule has 0 saturated carbocycles. The van der Waals surface area contributed by atoms with E-state index >= 15 is 0 Å². The van der Waals surface area contributed by atoms with Gasteiger partial charge in [0.25, 0.3) is 0 Å². The van der Waals surface area contributed by atoms with Crippen LogP contribution in [0.5, 0.6) is 0 Å². The van der Waals surface area contributed by atoms with Gasteiger partial charge in [-0.25, -0.2) is 4.79 Å². The van der Waals surface area contributed by atoms with Crippen LogP contribution in [0.25, 0.3) is 5.76 Å². The second kappa shape index (κ2) is 5.89. The highest BCUT2D eigenvalue weighted by molar-refractivity contribution is 5.96. The van der Waals surface area contributed by atoms with E-state index < -0.39 is 5.97 Å². The minimum absolute atomic E-state index is 0.0586. The fourth-order valence-electron chi connectivity index (χ4n) is 1.43. The molecule has 0 amide bonds. The molecule has 0 atom stereocenters. The van der Waals surface area contributed by atoms with E-state index in [1.165, 1.54) is 7.11 Å². The maximum absolute atomic E-state index is 11.5. The largest absolute Gasteiger partial charge is 0.507 e. The fourth-order valence-corrected chi connectivity index (χ4v) is 1.43. The lowest BCUT2D eigenvalue weighted by atomic mass is 10.0. The SMILES string of the molecule is C=CC/C(C(=O)OC)=C(/O)c1ccc(C)cc1. The van der Waals surface area contributed by atoms with Crippen molar-refractivity contribution in [3.05, 3.63) is 53.6 Å². The number of carbonyl (C=O) groups is 1. The number of hydrogen-bond donors (Lipinski definition) is 1. The Morgan fingerprint density at radius 2 is 2.00 bits per heavy atom. The van der Waals surface area contributed by atoms with Gasteiger partial charge in [-0.2, -0.15) is 0 Å². The van der Waals surface area contributed by atoms with Crippen molar-refractivity contribution in [2.75, 3.05) is 7.11 Å². The zero-order valence-electron chi connectivity index (χ0n) is 10.1. The van der Waals surface area contributed by atoms with Crippen LogP contribution in [0.2, 0.25) is 0 Å². The van der Waals surface area contributed by atoms with E-state index in [-0.39, 0.29) is 17.8 Å². The molecule has 0 bridgehead atoms. The summed E-state index contributed by atoms with van der Waals surface area (Å²) in [7, 11) is 1.29. The number of rotatable bonds is 4. The predicted octanol–water partition coefficient (Wildman–Crippen LogP) is 3.01. The molecule has 0 spiro atoms. The number of aliphatic hydroxyl groups excluding tert-OH is 1. The molecule has 0 aliphatic heterocycles. The highest BCUT2D eigenvalue weighted by Crippen LogP contribution is 2.20. The molecular weight excluding hydrogens is 216 g/mol. The van der Waals surface area contributed by atoms with Gasteiger partial charge in [0.05, 0.1) is 12.7 Å². The van der Waals surface area contributed by atoms with E-state index in [9.17, 15) is 9.90 Å². The van der Waals surface area contributed by atoms with Crippen molar-refractivity contribution in [2.24, 2.45) is 0 Å². The lowest BCUT2D eigenvalue weighted by Gasteiger charge is -2.07. The average molecular weight is 232 g/mol. The Kier molecular flexibility index (Phi) is 4.52. The molecule has 0 aromatic heterocycles. The van der Waals surface area contributed by atoms with Crippen LogP contribution in [0.15, 0.2) is 42.5 Å². The van der Waals surface area contributed by atoms with E-state index in [0.29, 0.717) is 5.56 Å². The second-order valence-electron chi connectivity index (χ2n) is 3.68. The topological polar surface area (TPSA) is 46.5 Å². The van der Waals surface area contributed by atoms with Crippen LogP contribution in [-0.4, -0.2) is 18.2 Å². The second-order valence-corrected chi connectivity index (χ2v) is 3.68. The molecule has 0 aliphatic carbocycles. The van der Waals surface area contributed by atoms with Gasteiger partial charge in [0.1, 0.15) is 5.76 Å². The summed E-state index contributed by atoms with van der Waals surface area (Å²) in [5.74, 6) is -0.597. The zero-order chi connectivity index (χ0) is 12.8. The van der Waals surface area contributed by atoms with Crippen LogP contribution >= 0.6 is 0 Å². The first kappa shape index (κ1) is 13.0. The summed E-state index contributed by atoms with van der Waals surface area (Å²) in [5.41, 5.74) is 1.90. The predicted molar refractivity (Wildman–Crippen MR) is 67.6 cm³/mol. The molecular formula is C14H16O3. The number of aliphatic hydroxyl groups is 1. The maximum Gasteiger partial charge on any atom is 0.337 e. The Morgan fingerprint density at radius 3 is 2.47 bits per heavy atom. The third-order valence-corrected chi connectivity index (χ3v) is 2.39. The summed E-state index contributed by atoms with van der Waals surface area (Å²) < 4.78 is 4.63. The number of esters is 1. The van der Waals surface area contributed by atoms with E-state index in [1.807, 2.05) is 19.1 Å². The molecule has 0 radical (unpaired) electrons. The van der Waals surface area contributed by atoms with Crippen molar-refractivity contribution in [3.63, 3.8) is 0 Å². The lowest BCUT2D eigenvalue weighted by Crippen LogP contribution is -2.07. The van der Waals surface area contributed by atoms with Crippen LogP contribution in [0.4, 0.5) is 0 Å². The van der Waals surface area contributed by atoms with Gasteiger partial charge in [0.2, 0.25) is 0 Å².